The zero-order valence-corrected chi connectivity index (χ0v) is 10.2. The number of hydrogen-bond acceptors (Lipinski definition) is 1. The fourth-order valence-electron chi connectivity index (χ4n) is 2.35. The van der Waals surface area contributed by atoms with E-state index in [1.165, 1.54) is 12.1 Å². The van der Waals surface area contributed by atoms with Crippen LogP contribution < -0.4 is 0 Å². The molecule has 0 unspecified atom stereocenters. The van der Waals surface area contributed by atoms with Gasteiger partial charge in [-0.05, 0) is 34.9 Å². The molecule has 19 heavy (non-hydrogen) atoms. The van der Waals surface area contributed by atoms with Crippen molar-refractivity contribution in [2.45, 2.75) is 6.42 Å². The van der Waals surface area contributed by atoms with Gasteiger partial charge in [0, 0.05) is 17.1 Å². The van der Waals surface area contributed by atoms with E-state index in [2.05, 4.69) is 11.1 Å². The Morgan fingerprint density at radius 1 is 1.11 bits per heavy atom. The van der Waals surface area contributed by atoms with Gasteiger partial charge in [-0.25, -0.2) is 4.39 Å². The van der Waals surface area contributed by atoms with Gasteiger partial charge in [-0.3, -0.25) is 0 Å². The first kappa shape index (κ1) is 11.5. The Hall–Kier alpha value is -2.60. The molecule has 3 aromatic rings. The van der Waals surface area contributed by atoms with Crippen LogP contribution in [0.25, 0.3) is 22.0 Å². The maximum atomic E-state index is 13.0. The number of benzene rings is 2. The molecule has 0 aliphatic carbocycles. The highest BCUT2D eigenvalue weighted by Crippen LogP contribution is 2.31. The molecule has 1 N–H and O–H groups in total. The summed E-state index contributed by atoms with van der Waals surface area (Å²) >= 11 is 0. The smallest absolute Gasteiger partial charge is 0.123 e. The Bertz CT molecular complexity index is 764. The van der Waals surface area contributed by atoms with E-state index in [0.717, 1.165) is 27.6 Å². The Labute approximate surface area is 110 Å². The van der Waals surface area contributed by atoms with Crippen LogP contribution in [0.5, 0.6) is 0 Å². The lowest BCUT2D eigenvalue weighted by Crippen LogP contribution is -1.84. The van der Waals surface area contributed by atoms with E-state index in [-0.39, 0.29) is 5.82 Å². The van der Waals surface area contributed by atoms with Crippen LogP contribution in [0.15, 0.2) is 48.7 Å². The molecule has 0 fully saturated rings. The Kier molecular flexibility index (Phi) is 2.77. The molecule has 1 heterocycles. The van der Waals surface area contributed by atoms with Crippen molar-refractivity contribution in [3.63, 3.8) is 0 Å². The van der Waals surface area contributed by atoms with Crippen LogP contribution in [0.4, 0.5) is 4.39 Å². The topological polar surface area (TPSA) is 39.6 Å². The molecule has 0 spiro atoms. The maximum absolute atomic E-state index is 13.0. The number of aromatic nitrogens is 1. The van der Waals surface area contributed by atoms with E-state index < -0.39 is 0 Å². The molecule has 3 heteroatoms. The van der Waals surface area contributed by atoms with Crippen molar-refractivity contribution in [1.82, 2.24) is 4.98 Å². The number of nitrogens with zero attached hydrogens (tertiary/aromatic N) is 1. The molecule has 0 saturated carbocycles. The van der Waals surface area contributed by atoms with E-state index in [1.807, 2.05) is 24.4 Å². The minimum absolute atomic E-state index is 0.248. The summed E-state index contributed by atoms with van der Waals surface area (Å²) in [6.07, 6.45) is 2.22. The summed E-state index contributed by atoms with van der Waals surface area (Å²) in [4.78, 5) is 3.17. The van der Waals surface area contributed by atoms with E-state index in [4.69, 9.17) is 5.26 Å². The van der Waals surface area contributed by atoms with Crippen molar-refractivity contribution in [2.75, 3.05) is 0 Å². The monoisotopic (exact) mass is 250 g/mol. The SMILES string of the molecule is N#CCc1c[nH]c2cccc(-c3ccc(F)cc3)c12. The summed E-state index contributed by atoms with van der Waals surface area (Å²) in [7, 11) is 0. The molecule has 0 aliphatic rings. The van der Waals surface area contributed by atoms with Crippen molar-refractivity contribution in [3.8, 4) is 17.2 Å². The van der Waals surface area contributed by atoms with Crippen molar-refractivity contribution in [2.24, 2.45) is 0 Å². The quantitative estimate of drug-likeness (QED) is 0.732. The molecule has 0 saturated heterocycles. The summed E-state index contributed by atoms with van der Waals surface area (Å²) in [5.74, 6) is -0.248. The fourth-order valence-corrected chi connectivity index (χ4v) is 2.35. The lowest BCUT2D eigenvalue weighted by molar-refractivity contribution is 0.628. The standard InChI is InChI=1S/C16H11FN2/c17-13-6-4-11(5-7-13)14-2-1-3-15-16(14)12(8-9-18)10-19-15/h1-7,10,19H,8H2. The highest BCUT2D eigenvalue weighted by Gasteiger charge is 2.09. The number of fused-ring (bicyclic) bond motifs is 1. The van der Waals surface area contributed by atoms with Crippen molar-refractivity contribution in [1.29, 1.82) is 5.26 Å². The number of H-pyrrole nitrogens is 1. The normalized spacial score (nSPS) is 10.5. The third kappa shape index (κ3) is 1.98. The number of rotatable bonds is 2. The van der Waals surface area contributed by atoms with Crippen LogP contribution in [-0.4, -0.2) is 4.98 Å². The summed E-state index contributed by atoms with van der Waals surface area (Å²) in [6.45, 7) is 0. The summed E-state index contributed by atoms with van der Waals surface area (Å²) in [5.41, 5.74) is 3.93. The first-order chi connectivity index (χ1) is 9.29. The van der Waals surface area contributed by atoms with E-state index in [1.54, 1.807) is 12.1 Å². The summed E-state index contributed by atoms with van der Waals surface area (Å²) in [5, 5.41) is 9.92. The van der Waals surface area contributed by atoms with Gasteiger partial charge in [-0.1, -0.05) is 24.3 Å². The van der Waals surface area contributed by atoms with Crippen LogP contribution in [-0.2, 0) is 6.42 Å². The molecular formula is C16H11FN2. The average molecular weight is 250 g/mol. The third-order valence-corrected chi connectivity index (χ3v) is 3.21. The number of nitriles is 1. The molecule has 92 valence electrons. The predicted molar refractivity (Wildman–Crippen MR) is 73.0 cm³/mol. The van der Waals surface area contributed by atoms with Crippen LogP contribution in [0.3, 0.4) is 0 Å². The van der Waals surface area contributed by atoms with E-state index in [0.29, 0.717) is 6.42 Å². The summed E-state index contributed by atoms with van der Waals surface area (Å²) < 4.78 is 13.0. The molecule has 1 aromatic heterocycles. The molecule has 0 amide bonds. The maximum Gasteiger partial charge on any atom is 0.123 e. The van der Waals surface area contributed by atoms with Crippen molar-refractivity contribution in [3.05, 3.63) is 60.0 Å². The second-order valence-corrected chi connectivity index (χ2v) is 4.38. The molecular weight excluding hydrogens is 239 g/mol. The Balaban J connectivity index is 2.25. The number of aromatic amines is 1. The zero-order chi connectivity index (χ0) is 13.2. The lowest BCUT2D eigenvalue weighted by atomic mass is 9.98. The minimum Gasteiger partial charge on any atom is -0.361 e. The molecule has 3 rings (SSSR count). The number of nitrogens with one attached hydrogen (secondary N) is 1. The van der Waals surface area contributed by atoms with Crippen molar-refractivity contribution >= 4 is 10.9 Å². The van der Waals surface area contributed by atoms with E-state index in [9.17, 15) is 4.39 Å². The Morgan fingerprint density at radius 3 is 2.63 bits per heavy atom. The molecule has 0 aliphatic heterocycles. The second-order valence-electron chi connectivity index (χ2n) is 4.38. The predicted octanol–water partition coefficient (Wildman–Crippen LogP) is 4.04. The van der Waals surface area contributed by atoms with Crippen molar-refractivity contribution < 1.29 is 4.39 Å². The molecule has 0 bridgehead atoms. The Morgan fingerprint density at radius 2 is 1.89 bits per heavy atom. The number of hydrogen-bond donors (Lipinski definition) is 1. The van der Waals surface area contributed by atoms with Gasteiger partial charge < -0.3 is 4.98 Å². The molecule has 2 aromatic carbocycles. The zero-order valence-electron chi connectivity index (χ0n) is 10.2. The fraction of sp³-hybridized carbons (Fsp3) is 0.0625. The van der Waals surface area contributed by atoms with Gasteiger partial charge in [-0.2, -0.15) is 5.26 Å². The van der Waals surface area contributed by atoms with Gasteiger partial charge in [0.05, 0.1) is 12.5 Å². The molecule has 0 radical (unpaired) electrons. The lowest BCUT2D eigenvalue weighted by Gasteiger charge is -2.05. The van der Waals surface area contributed by atoms with Crippen LogP contribution in [0, 0.1) is 17.1 Å². The van der Waals surface area contributed by atoms with Crippen LogP contribution >= 0.6 is 0 Å². The first-order valence-electron chi connectivity index (χ1n) is 6.01. The van der Waals surface area contributed by atoms with Crippen LogP contribution in [0.2, 0.25) is 0 Å². The highest BCUT2D eigenvalue weighted by atomic mass is 19.1. The molecule has 2 nitrogen and oxygen atoms in total. The van der Waals surface area contributed by atoms with Gasteiger partial charge in [-0.15, -0.1) is 0 Å². The number of halogens is 1. The van der Waals surface area contributed by atoms with Gasteiger partial charge >= 0.3 is 0 Å². The van der Waals surface area contributed by atoms with Gasteiger partial charge in [0.1, 0.15) is 5.82 Å². The highest BCUT2D eigenvalue weighted by molar-refractivity contribution is 5.97. The third-order valence-electron chi connectivity index (χ3n) is 3.21. The summed E-state index contributed by atoms with van der Waals surface area (Å²) in [6, 6.07) is 14.5. The van der Waals surface area contributed by atoms with Gasteiger partial charge in [0.25, 0.3) is 0 Å². The average Bonchev–Trinajstić information content (AvgIpc) is 2.84. The van der Waals surface area contributed by atoms with Crippen LogP contribution in [0.1, 0.15) is 5.56 Å². The molecule has 0 atom stereocenters. The minimum atomic E-state index is -0.248. The second kappa shape index (κ2) is 4.58. The van der Waals surface area contributed by atoms with E-state index >= 15 is 0 Å². The largest absolute Gasteiger partial charge is 0.361 e. The van der Waals surface area contributed by atoms with Gasteiger partial charge in [0.2, 0.25) is 0 Å². The van der Waals surface area contributed by atoms with Gasteiger partial charge in [0.15, 0.2) is 0 Å². The first-order valence-corrected chi connectivity index (χ1v) is 6.01.